The minimum atomic E-state index is -2.19. The Kier molecular flexibility index (Phi) is 5.38. The van der Waals surface area contributed by atoms with E-state index in [2.05, 4.69) is 20.0 Å². The van der Waals surface area contributed by atoms with Gasteiger partial charge in [0.2, 0.25) is 5.89 Å². The predicted octanol–water partition coefficient (Wildman–Crippen LogP) is 2.92. The summed E-state index contributed by atoms with van der Waals surface area (Å²) in [4.78, 5) is 15.9. The lowest BCUT2D eigenvalue weighted by Crippen LogP contribution is -2.28. The molecule has 0 atom stereocenters. The summed E-state index contributed by atoms with van der Waals surface area (Å²) < 4.78 is 21.1. The van der Waals surface area contributed by atoms with Crippen molar-refractivity contribution in [2.24, 2.45) is 4.36 Å². The monoisotopic (exact) mass is 336 g/mol. The molecule has 0 spiro atoms. The number of nitrogens with one attached hydrogen (secondary N) is 2. The Balaban J connectivity index is 1.89. The standard InChI is InChI=1S/C15H20N4O3S/c1-4-13-9-16-14(22-13)10-17-15(20)18-11-5-7-12(8-6-11)19-23(2,3)21/h5-9H,4,10H2,1-3H3,(H2,17,18,20). The van der Waals surface area contributed by atoms with Crippen LogP contribution in [0.2, 0.25) is 0 Å². The molecule has 0 unspecified atom stereocenters. The van der Waals surface area contributed by atoms with Crippen molar-refractivity contribution in [3.05, 3.63) is 42.1 Å². The van der Waals surface area contributed by atoms with Crippen LogP contribution in [0.15, 0.2) is 39.2 Å². The highest BCUT2D eigenvalue weighted by Crippen LogP contribution is 2.17. The van der Waals surface area contributed by atoms with Gasteiger partial charge in [-0.25, -0.2) is 14.0 Å². The second-order valence-electron chi connectivity index (χ2n) is 5.20. The van der Waals surface area contributed by atoms with Crippen LogP contribution in [0.1, 0.15) is 18.6 Å². The number of oxazole rings is 1. The van der Waals surface area contributed by atoms with E-state index in [1.807, 2.05) is 6.92 Å². The number of carbonyl (C=O) groups excluding carboxylic acids is 1. The Bertz CT molecular complexity index is 781. The summed E-state index contributed by atoms with van der Waals surface area (Å²) in [5, 5.41) is 5.35. The summed E-state index contributed by atoms with van der Waals surface area (Å²) in [6, 6.07) is 6.43. The third kappa shape index (κ3) is 5.74. The number of anilines is 1. The number of carbonyl (C=O) groups is 1. The number of amides is 2. The fourth-order valence-corrected chi connectivity index (χ4v) is 2.41. The predicted molar refractivity (Wildman–Crippen MR) is 90.3 cm³/mol. The van der Waals surface area contributed by atoms with Crippen molar-refractivity contribution >= 4 is 27.1 Å². The van der Waals surface area contributed by atoms with Crippen LogP contribution in [0.25, 0.3) is 0 Å². The van der Waals surface area contributed by atoms with Gasteiger partial charge >= 0.3 is 6.03 Å². The van der Waals surface area contributed by atoms with E-state index in [1.165, 1.54) is 0 Å². The number of aromatic nitrogens is 1. The molecular weight excluding hydrogens is 316 g/mol. The maximum absolute atomic E-state index is 11.8. The number of aryl methyl sites for hydroxylation is 1. The number of nitrogens with zero attached hydrogens (tertiary/aromatic N) is 2. The van der Waals surface area contributed by atoms with Crippen molar-refractivity contribution in [3.8, 4) is 0 Å². The van der Waals surface area contributed by atoms with Crippen molar-refractivity contribution in [1.29, 1.82) is 0 Å². The number of rotatable bonds is 5. The summed E-state index contributed by atoms with van der Waals surface area (Å²) >= 11 is 0. The van der Waals surface area contributed by atoms with Crippen molar-refractivity contribution in [2.45, 2.75) is 19.9 Å². The summed E-state index contributed by atoms with van der Waals surface area (Å²) in [6.07, 6.45) is 5.55. The molecule has 0 fully saturated rings. The number of benzene rings is 1. The van der Waals surface area contributed by atoms with Crippen LogP contribution in [0.4, 0.5) is 16.2 Å². The minimum Gasteiger partial charge on any atom is -0.444 e. The molecule has 8 heteroatoms. The molecule has 0 aliphatic carbocycles. The maximum atomic E-state index is 11.8. The summed E-state index contributed by atoms with van der Waals surface area (Å²) in [5.41, 5.74) is 1.22. The van der Waals surface area contributed by atoms with Crippen molar-refractivity contribution in [2.75, 3.05) is 17.8 Å². The fourth-order valence-electron chi connectivity index (χ4n) is 1.78. The topological polar surface area (TPSA) is 96.6 Å². The first-order valence-electron chi connectivity index (χ1n) is 7.11. The zero-order valence-electron chi connectivity index (χ0n) is 13.3. The molecular formula is C15H20N4O3S. The highest BCUT2D eigenvalue weighted by Gasteiger charge is 2.06. The largest absolute Gasteiger partial charge is 0.444 e. The van der Waals surface area contributed by atoms with Gasteiger partial charge in [0.05, 0.1) is 18.4 Å². The van der Waals surface area contributed by atoms with Crippen LogP contribution < -0.4 is 10.6 Å². The van der Waals surface area contributed by atoms with Gasteiger partial charge in [0.15, 0.2) is 0 Å². The van der Waals surface area contributed by atoms with Crippen molar-refractivity contribution in [1.82, 2.24) is 10.3 Å². The average molecular weight is 336 g/mol. The minimum absolute atomic E-state index is 0.215. The molecule has 1 aromatic carbocycles. The van der Waals surface area contributed by atoms with E-state index < -0.39 is 9.73 Å². The molecule has 0 aliphatic heterocycles. The molecule has 2 amide bonds. The van der Waals surface area contributed by atoms with Crippen LogP contribution in [-0.4, -0.2) is 27.7 Å². The van der Waals surface area contributed by atoms with Crippen molar-refractivity contribution < 1.29 is 13.4 Å². The van der Waals surface area contributed by atoms with Gasteiger partial charge in [0.25, 0.3) is 0 Å². The van der Waals surface area contributed by atoms with Gasteiger partial charge in [0, 0.05) is 34.3 Å². The summed E-state index contributed by atoms with van der Waals surface area (Å²) in [5.74, 6) is 1.25. The van der Waals surface area contributed by atoms with E-state index in [-0.39, 0.29) is 12.6 Å². The third-order valence-corrected chi connectivity index (χ3v) is 3.45. The smallest absolute Gasteiger partial charge is 0.319 e. The first-order chi connectivity index (χ1) is 10.9. The molecule has 0 saturated heterocycles. The fraction of sp³-hybridized carbons (Fsp3) is 0.333. The third-order valence-electron chi connectivity index (χ3n) is 2.80. The molecule has 2 rings (SSSR count). The molecule has 0 aliphatic rings. The van der Waals surface area contributed by atoms with Crippen molar-refractivity contribution in [3.63, 3.8) is 0 Å². The van der Waals surface area contributed by atoms with Gasteiger partial charge in [-0.1, -0.05) is 6.92 Å². The first-order valence-corrected chi connectivity index (χ1v) is 9.44. The van der Waals surface area contributed by atoms with Crippen LogP contribution in [0.5, 0.6) is 0 Å². The Morgan fingerprint density at radius 3 is 2.57 bits per heavy atom. The zero-order chi connectivity index (χ0) is 16.9. The molecule has 23 heavy (non-hydrogen) atoms. The lowest BCUT2D eigenvalue weighted by molar-refractivity contribution is 0.250. The molecule has 1 heterocycles. The van der Waals surface area contributed by atoms with E-state index in [1.54, 1.807) is 43.0 Å². The van der Waals surface area contributed by atoms with Gasteiger partial charge < -0.3 is 15.1 Å². The molecule has 124 valence electrons. The van der Waals surface area contributed by atoms with E-state index in [0.29, 0.717) is 17.3 Å². The molecule has 2 N–H and O–H groups in total. The molecule has 0 radical (unpaired) electrons. The van der Waals surface area contributed by atoms with E-state index in [9.17, 15) is 9.00 Å². The van der Waals surface area contributed by atoms with Crippen LogP contribution in [0.3, 0.4) is 0 Å². The highest BCUT2D eigenvalue weighted by molar-refractivity contribution is 7.92. The van der Waals surface area contributed by atoms with Gasteiger partial charge in [-0.05, 0) is 24.3 Å². The second-order valence-corrected chi connectivity index (χ2v) is 7.75. The van der Waals surface area contributed by atoms with Crippen LogP contribution in [0, 0.1) is 0 Å². The van der Waals surface area contributed by atoms with Crippen LogP contribution in [-0.2, 0) is 22.7 Å². The van der Waals surface area contributed by atoms with E-state index in [4.69, 9.17) is 4.42 Å². The SMILES string of the molecule is CCc1cnc(CNC(=O)Nc2ccc(N=S(C)(C)=O)cc2)o1. The average Bonchev–Trinajstić information content (AvgIpc) is 2.94. The van der Waals surface area contributed by atoms with Gasteiger partial charge in [0.1, 0.15) is 5.76 Å². The van der Waals surface area contributed by atoms with E-state index in [0.717, 1.165) is 12.2 Å². The van der Waals surface area contributed by atoms with Gasteiger partial charge in [-0.3, -0.25) is 0 Å². The molecule has 1 aromatic heterocycles. The number of urea groups is 1. The molecule has 7 nitrogen and oxygen atoms in total. The summed E-state index contributed by atoms with van der Waals surface area (Å²) in [6.45, 7) is 2.18. The lowest BCUT2D eigenvalue weighted by Gasteiger charge is -2.06. The summed E-state index contributed by atoms with van der Waals surface area (Å²) in [7, 11) is -2.19. The Morgan fingerprint density at radius 2 is 2.00 bits per heavy atom. The second kappa shape index (κ2) is 7.28. The first kappa shape index (κ1) is 17.0. The quantitative estimate of drug-likeness (QED) is 0.877. The van der Waals surface area contributed by atoms with E-state index >= 15 is 0 Å². The normalized spacial score (nSPS) is 11.1. The number of hydrogen-bond donors (Lipinski definition) is 2. The Labute approximate surface area is 135 Å². The Morgan fingerprint density at radius 1 is 1.30 bits per heavy atom. The number of hydrogen-bond acceptors (Lipinski definition) is 5. The van der Waals surface area contributed by atoms with Crippen LogP contribution >= 0.6 is 0 Å². The Hall–Kier alpha value is -2.35. The molecule has 2 aromatic rings. The molecule has 0 saturated carbocycles. The highest BCUT2D eigenvalue weighted by atomic mass is 32.2. The van der Waals surface area contributed by atoms with Gasteiger partial charge in [-0.15, -0.1) is 0 Å². The maximum Gasteiger partial charge on any atom is 0.319 e. The molecule has 0 bridgehead atoms. The van der Waals surface area contributed by atoms with Gasteiger partial charge in [-0.2, -0.15) is 4.36 Å². The lowest BCUT2D eigenvalue weighted by atomic mass is 10.3. The zero-order valence-corrected chi connectivity index (χ0v) is 14.1.